The Balaban J connectivity index is 1.64. The zero-order valence-electron chi connectivity index (χ0n) is 17.4. The van der Waals surface area contributed by atoms with Gasteiger partial charge in [-0.15, -0.1) is 0 Å². The lowest BCUT2D eigenvalue weighted by Gasteiger charge is -2.33. The highest BCUT2D eigenvalue weighted by Gasteiger charge is 2.37. The van der Waals surface area contributed by atoms with Gasteiger partial charge in [0.2, 0.25) is 0 Å². The van der Waals surface area contributed by atoms with Gasteiger partial charge in [0, 0.05) is 44.3 Å². The normalized spacial score (nSPS) is 19.3. The molecule has 3 rings (SSSR count). The molecule has 2 aliphatic rings. The van der Waals surface area contributed by atoms with Gasteiger partial charge in [0.1, 0.15) is 11.4 Å². The van der Waals surface area contributed by atoms with Crippen LogP contribution in [0.5, 0.6) is 0 Å². The minimum atomic E-state index is -4.46. The third-order valence-electron chi connectivity index (χ3n) is 5.50. The van der Waals surface area contributed by atoms with Crippen LogP contribution in [0.3, 0.4) is 0 Å². The molecule has 1 saturated heterocycles. The molecule has 0 radical (unpaired) electrons. The Bertz CT molecular complexity index is 700. The van der Waals surface area contributed by atoms with Gasteiger partial charge in [-0.2, -0.15) is 13.2 Å². The number of alkyl halides is 3. The molecule has 0 atom stereocenters. The number of likely N-dealkylation sites (tertiary alicyclic amines) is 1. The summed E-state index contributed by atoms with van der Waals surface area (Å²) in [5.74, 6) is 0.366. The van der Waals surface area contributed by atoms with Crippen molar-refractivity contribution in [3.8, 4) is 0 Å². The third-order valence-corrected chi connectivity index (χ3v) is 5.50. The van der Waals surface area contributed by atoms with E-state index in [0.717, 1.165) is 19.0 Å². The van der Waals surface area contributed by atoms with Gasteiger partial charge in [0.05, 0.1) is 0 Å². The smallest absolute Gasteiger partial charge is 0.434 e. The van der Waals surface area contributed by atoms with Crippen LogP contribution < -0.4 is 5.32 Å². The van der Waals surface area contributed by atoms with Crippen molar-refractivity contribution in [1.29, 1.82) is 0 Å². The zero-order valence-corrected chi connectivity index (χ0v) is 17.4. The molecule has 9 heteroatoms. The van der Waals surface area contributed by atoms with Crippen LogP contribution in [0.25, 0.3) is 0 Å². The van der Waals surface area contributed by atoms with Gasteiger partial charge in [-0.1, -0.05) is 6.42 Å². The number of halogens is 3. The first kappa shape index (κ1) is 21.9. The van der Waals surface area contributed by atoms with Gasteiger partial charge in [-0.25, -0.2) is 9.78 Å². The van der Waals surface area contributed by atoms with Crippen molar-refractivity contribution in [2.75, 3.05) is 19.6 Å². The van der Waals surface area contributed by atoms with Crippen molar-refractivity contribution in [2.24, 2.45) is 0 Å². The molecule has 1 saturated carbocycles. The number of nitrogens with zero attached hydrogens (tertiary/aromatic N) is 3. The number of piperidine rings is 1. The molecule has 1 N–H and O–H groups in total. The molecule has 0 unspecified atom stereocenters. The maximum atomic E-state index is 13.2. The Hall–Kier alpha value is -1.77. The number of aromatic nitrogens is 2. The fourth-order valence-electron chi connectivity index (χ4n) is 3.72. The molecule has 1 aliphatic carbocycles. The molecule has 2 fully saturated rings. The molecule has 6 nitrogen and oxygen atoms in total. The van der Waals surface area contributed by atoms with E-state index in [0.29, 0.717) is 50.9 Å². The summed E-state index contributed by atoms with van der Waals surface area (Å²) in [4.78, 5) is 17.8. The van der Waals surface area contributed by atoms with E-state index in [2.05, 4.69) is 10.3 Å². The summed E-state index contributed by atoms with van der Waals surface area (Å²) in [5, 5.41) is 3.39. The molecule has 164 valence electrons. The first-order valence-electron chi connectivity index (χ1n) is 10.4. The van der Waals surface area contributed by atoms with Crippen LogP contribution in [0.1, 0.15) is 70.3 Å². The number of imidazole rings is 1. The number of rotatable bonds is 5. The lowest BCUT2D eigenvalue weighted by Crippen LogP contribution is -2.41. The van der Waals surface area contributed by atoms with E-state index in [1.807, 2.05) is 20.8 Å². The van der Waals surface area contributed by atoms with E-state index in [1.54, 1.807) is 9.47 Å². The Labute approximate surface area is 169 Å². The maximum absolute atomic E-state index is 13.2. The molecule has 1 amide bonds. The molecule has 29 heavy (non-hydrogen) atoms. The molecule has 0 spiro atoms. The summed E-state index contributed by atoms with van der Waals surface area (Å²) < 4.78 is 46.7. The van der Waals surface area contributed by atoms with Gasteiger partial charge >= 0.3 is 12.3 Å². The predicted molar refractivity (Wildman–Crippen MR) is 103 cm³/mol. The molecule has 1 aromatic heterocycles. The molecule has 0 bridgehead atoms. The Morgan fingerprint density at radius 1 is 1.21 bits per heavy atom. The SMILES string of the molecule is CC(C)(C)OC(=O)N1CCC(c2nc(C(F)(F)F)cn2CCNC2CCC2)CC1. The average molecular weight is 416 g/mol. The van der Waals surface area contributed by atoms with Gasteiger partial charge in [-0.05, 0) is 46.5 Å². The number of hydrogen-bond donors (Lipinski definition) is 1. The van der Waals surface area contributed by atoms with Crippen LogP contribution in [-0.4, -0.2) is 51.8 Å². The Morgan fingerprint density at radius 2 is 1.86 bits per heavy atom. The maximum Gasteiger partial charge on any atom is 0.434 e. The van der Waals surface area contributed by atoms with Crippen LogP contribution in [0.15, 0.2) is 6.20 Å². The Morgan fingerprint density at radius 3 is 2.38 bits per heavy atom. The van der Waals surface area contributed by atoms with Gasteiger partial charge < -0.3 is 19.5 Å². The number of amides is 1. The highest BCUT2D eigenvalue weighted by Crippen LogP contribution is 2.33. The van der Waals surface area contributed by atoms with Gasteiger partial charge in [-0.3, -0.25) is 0 Å². The monoisotopic (exact) mass is 416 g/mol. The zero-order chi connectivity index (χ0) is 21.2. The van der Waals surface area contributed by atoms with Crippen molar-refractivity contribution in [3.05, 3.63) is 17.7 Å². The second-order valence-corrected chi connectivity index (χ2v) is 9.00. The molecule has 1 aromatic rings. The topological polar surface area (TPSA) is 59.4 Å². The fourth-order valence-corrected chi connectivity index (χ4v) is 3.72. The van der Waals surface area contributed by atoms with E-state index in [4.69, 9.17) is 4.74 Å². The third kappa shape index (κ3) is 5.87. The van der Waals surface area contributed by atoms with E-state index >= 15 is 0 Å². The first-order chi connectivity index (χ1) is 13.5. The van der Waals surface area contributed by atoms with Crippen LogP contribution >= 0.6 is 0 Å². The number of nitrogens with one attached hydrogen (secondary N) is 1. The summed E-state index contributed by atoms with van der Waals surface area (Å²) in [6.45, 7) is 7.42. The minimum absolute atomic E-state index is 0.103. The molecular formula is C20H31F3N4O2. The minimum Gasteiger partial charge on any atom is -0.444 e. The summed E-state index contributed by atoms with van der Waals surface area (Å²) in [6, 6.07) is 0.487. The van der Waals surface area contributed by atoms with Crippen molar-refractivity contribution in [3.63, 3.8) is 0 Å². The second-order valence-electron chi connectivity index (χ2n) is 9.00. The molecular weight excluding hydrogens is 385 g/mol. The number of carbonyl (C=O) groups is 1. The number of ether oxygens (including phenoxy) is 1. The number of hydrogen-bond acceptors (Lipinski definition) is 4. The van der Waals surface area contributed by atoms with Crippen LogP contribution in [-0.2, 0) is 17.5 Å². The summed E-state index contributed by atoms with van der Waals surface area (Å²) in [7, 11) is 0. The van der Waals surface area contributed by atoms with Gasteiger partial charge in [0.15, 0.2) is 5.69 Å². The molecule has 1 aliphatic heterocycles. The van der Waals surface area contributed by atoms with Crippen molar-refractivity contribution in [1.82, 2.24) is 19.8 Å². The molecule has 2 heterocycles. The lowest BCUT2D eigenvalue weighted by atomic mass is 9.93. The molecule has 0 aromatic carbocycles. The largest absolute Gasteiger partial charge is 0.444 e. The van der Waals surface area contributed by atoms with Crippen molar-refractivity contribution < 1.29 is 22.7 Å². The summed E-state index contributed by atoms with van der Waals surface area (Å²) >= 11 is 0. The van der Waals surface area contributed by atoms with Gasteiger partial charge in [0.25, 0.3) is 0 Å². The quantitative estimate of drug-likeness (QED) is 0.783. The summed E-state index contributed by atoms with van der Waals surface area (Å²) in [5.41, 5.74) is -1.41. The van der Waals surface area contributed by atoms with Crippen LogP contribution in [0.2, 0.25) is 0 Å². The van der Waals surface area contributed by atoms with E-state index in [-0.39, 0.29) is 12.0 Å². The lowest BCUT2D eigenvalue weighted by molar-refractivity contribution is -0.141. The highest BCUT2D eigenvalue weighted by atomic mass is 19.4. The summed E-state index contributed by atoms with van der Waals surface area (Å²) in [6.07, 6.45) is 0.910. The van der Waals surface area contributed by atoms with E-state index in [1.165, 1.54) is 6.42 Å². The second kappa shape index (κ2) is 8.53. The van der Waals surface area contributed by atoms with Crippen molar-refractivity contribution in [2.45, 2.75) is 83.2 Å². The van der Waals surface area contributed by atoms with E-state index < -0.39 is 17.5 Å². The van der Waals surface area contributed by atoms with Crippen LogP contribution in [0.4, 0.5) is 18.0 Å². The van der Waals surface area contributed by atoms with Crippen molar-refractivity contribution >= 4 is 6.09 Å². The predicted octanol–water partition coefficient (Wildman–Crippen LogP) is 4.16. The van der Waals surface area contributed by atoms with E-state index in [9.17, 15) is 18.0 Å². The fraction of sp³-hybridized carbons (Fsp3) is 0.800. The standard InChI is InChI=1S/C20H31F3N4O2/c1-19(2,3)29-18(28)26-10-7-14(8-11-26)17-25-16(20(21,22)23)13-27(17)12-9-24-15-5-4-6-15/h13-15,24H,4-12H2,1-3H3. The first-order valence-corrected chi connectivity index (χ1v) is 10.4. The Kier molecular flexibility index (Phi) is 6.45. The number of carbonyl (C=O) groups excluding carboxylic acids is 1. The van der Waals surface area contributed by atoms with Crippen LogP contribution in [0, 0.1) is 0 Å². The average Bonchev–Trinajstić information content (AvgIpc) is 3.00. The highest BCUT2D eigenvalue weighted by molar-refractivity contribution is 5.68.